The van der Waals surface area contributed by atoms with Crippen LogP contribution in [0.1, 0.15) is 12.5 Å². The highest BCUT2D eigenvalue weighted by molar-refractivity contribution is 5.61. The Balaban J connectivity index is 3.12. The Labute approximate surface area is 95.0 Å². The van der Waals surface area contributed by atoms with Gasteiger partial charge >= 0.3 is 0 Å². The minimum absolute atomic E-state index is 0.160. The lowest BCUT2D eigenvalue weighted by Crippen LogP contribution is -2.29. The fraction of sp³-hybridized carbons (Fsp3) is 0.455. The van der Waals surface area contributed by atoms with E-state index in [9.17, 15) is 10.1 Å². The van der Waals surface area contributed by atoms with Gasteiger partial charge in [0.2, 0.25) is 0 Å². The Morgan fingerprint density at radius 3 is 2.69 bits per heavy atom. The molecule has 0 unspecified atom stereocenters. The highest BCUT2D eigenvalue weighted by atomic mass is 16.6. The van der Waals surface area contributed by atoms with Crippen molar-refractivity contribution >= 4 is 11.4 Å². The molecule has 2 N–H and O–H groups in total. The zero-order valence-corrected chi connectivity index (χ0v) is 9.64. The van der Waals surface area contributed by atoms with Crippen molar-refractivity contribution in [2.75, 3.05) is 24.5 Å². The molecule has 1 aromatic carbocycles. The molecule has 5 nitrogen and oxygen atoms in total. The quantitative estimate of drug-likeness (QED) is 0.609. The molecule has 88 valence electrons. The molecule has 0 amide bonds. The van der Waals surface area contributed by atoms with E-state index < -0.39 is 0 Å². The van der Waals surface area contributed by atoms with Crippen LogP contribution in [-0.4, -0.2) is 24.6 Å². The van der Waals surface area contributed by atoms with E-state index in [1.807, 2.05) is 17.9 Å². The number of nitro benzene ring substituents is 1. The van der Waals surface area contributed by atoms with Gasteiger partial charge in [0.05, 0.1) is 10.5 Å². The van der Waals surface area contributed by atoms with Crippen molar-refractivity contribution in [1.82, 2.24) is 0 Å². The number of nitrogens with zero attached hydrogens (tertiary/aromatic N) is 2. The number of likely N-dealkylation sites (N-methyl/N-ethyl adjacent to an activating group) is 1. The van der Waals surface area contributed by atoms with Crippen molar-refractivity contribution in [3.63, 3.8) is 0 Å². The predicted molar refractivity (Wildman–Crippen MR) is 64.8 cm³/mol. The molecule has 0 saturated heterocycles. The maximum Gasteiger partial charge on any atom is 0.274 e. The highest BCUT2D eigenvalue weighted by Gasteiger charge is 2.16. The summed E-state index contributed by atoms with van der Waals surface area (Å²) in [4.78, 5) is 12.5. The number of rotatable bonds is 5. The van der Waals surface area contributed by atoms with Crippen LogP contribution in [0.5, 0.6) is 0 Å². The lowest BCUT2D eigenvalue weighted by atomic mass is 10.1. The van der Waals surface area contributed by atoms with Gasteiger partial charge in [0.15, 0.2) is 0 Å². The summed E-state index contributed by atoms with van der Waals surface area (Å²) in [5.74, 6) is 0. The van der Waals surface area contributed by atoms with Crippen molar-refractivity contribution in [2.24, 2.45) is 5.73 Å². The molecule has 1 aromatic rings. The maximum atomic E-state index is 10.8. The topological polar surface area (TPSA) is 72.4 Å². The molecule has 1 rings (SSSR count). The van der Waals surface area contributed by atoms with Crippen LogP contribution in [0.15, 0.2) is 18.2 Å². The highest BCUT2D eigenvalue weighted by Crippen LogP contribution is 2.27. The van der Waals surface area contributed by atoms with Crippen molar-refractivity contribution in [3.8, 4) is 0 Å². The first kappa shape index (κ1) is 12.4. The van der Waals surface area contributed by atoms with Crippen molar-refractivity contribution < 1.29 is 4.92 Å². The molecule has 0 heterocycles. The first-order valence-electron chi connectivity index (χ1n) is 5.30. The summed E-state index contributed by atoms with van der Waals surface area (Å²) in [5.41, 5.74) is 7.26. The molecule has 0 saturated carbocycles. The lowest BCUT2D eigenvalue weighted by molar-refractivity contribution is -0.385. The Morgan fingerprint density at radius 2 is 2.19 bits per heavy atom. The Kier molecular flexibility index (Phi) is 4.25. The van der Waals surface area contributed by atoms with Gasteiger partial charge in [-0.05, 0) is 19.9 Å². The van der Waals surface area contributed by atoms with E-state index in [2.05, 4.69) is 0 Å². The average Bonchev–Trinajstić information content (AvgIpc) is 2.26. The molecule has 0 aliphatic carbocycles. The van der Waals surface area contributed by atoms with E-state index in [-0.39, 0.29) is 10.6 Å². The van der Waals surface area contributed by atoms with E-state index >= 15 is 0 Å². The van der Waals surface area contributed by atoms with Gasteiger partial charge in [0.1, 0.15) is 0 Å². The van der Waals surface area contributed by atoms with Gasteiger partial charge < -0.3 is 10.6 Å². The number of benzene rings is 1. The fourth-order valence-electron chi connectivity index (χ4n) is 1.76. The van der Waals surface area contributed by atoms with Crippen molar-refractivity contribution in [2.45, 2.75) is 13.8 Å². The standard InChI is InChI=1S/C11H17N3O2/c1-3-13(8-7-12)10-5-4-6-11(9(10)2)14(15)16/h4-6H,3,7-8,12H2,1-2H3. The molecule has 0 aromatic heterocycles. The Hall–Kier alpha value is -1.62. The second kappa shape index (κ2) is 5.46. The van der Waals surface area contributed by atoms with E-state index in [0.717, 1.165) is 12.2 Å². The van der Waals surface area contributed by atoms with Gasteiger partial charge in [-0.1, -0.05) is 6.07 Å². The van der Waals surface area contributed by atoms with Gasteiger partial charge in [-0.2, -0.15) is 0 Å². The number of hydrogen-bond acceptors (Lipinski definition) is 4. The molecule has 0 atom stereocenters. The van der Waals surface area contributed by atoms with Crippen molar-refractivity contribution in [1.29, 1.82) is 0 Å². The van der Waals surface area contributed by atoms with Crippen LogP contribution >= 0.6 is 0 Å². The molecule has 0 fully saturated rings. The molecule has 0 aliphatic rings. The van der Waals surface area contributed by atoms with Crippen LogP contribution in [0, 0.1) is 17.0 Å². The zero-order valence-electron chi connectivity index (χ0n) is 9.64. The molecule has 0 aliphatic heterocycles. The lowest BCUT2D eigenvalue weighted by Gasteiger charge is -2.23. The second-order valence-electron chi connectivity index (χ2n) is 3.55. The Bertz CT molecular complexity index is 379. The molecule has 0 spiro atoms. The number of nitro groups is 1. The van der Waals surface area contributed by atoms with Gasteiger partial charge in [-0.3, -0.25) is 10.1 Å². The average molecular weight is 223 g/mol. The van der Waals surface area contributed by atoms with Crippen LogP contribution in [0.3, 0.4) is 0 Å². The van der Waals surface area contributed by atoms with E-state index in [1.165, 1.54) is 6.07 Å². The number of anilines is 1. The normalized spacial score (nSPS) is 10.2. The monoisotopic (exact) mass is 223 g/mol. The van der Waals surface area contributed by atoms with Gasteiger partial charge in [-0.15, -0.1) is 0 Å². The molecule has 5 heteroatoms. The molecule has 0 radical (unpaired) electrons. The van der Waals surface area contributed by atoms with Crippen molar-refractivity contribution in [3.05, 3.63) is 33.9 Å². The molecule has 16 heavy (non-hydrogen) atoms. The van der Waals surface area contributed by atoms with Crippen LogP contribution < -0.4 is 10.6 Å². The zero-order chi connectivity index (χ0) is 12.1. The summed E-state index contributed by atoms with van der Waals surface area (Å²) < 4.78 is 0. The van der Waals surface area contributed by atoms with Crippen LogP contribution in [0.4, 0.5) is 11.4 Å². The number of nitrogens with two attached hydrogens (primary N) is 1. The van der Waals surface area contributed by atoms with Crippen LogP contribution in [0.2, 0.25) is 0 Å². The van der Waals surface area contributed by atoms with Gasteiger partial charge in [0, 0.05) is 31.4 Å². The SMILES string of the molecule is CCN(CCN)c1cccc([N+](=O)[O-])c1C. The molecular formula is C11H17N3O2. The first-order chi connectivity index (χ1) is 7.61. The summed E-state index contributed by atoms with van der Waals surface area (Å²) in [7, 11) is 0. The van der Waals surface area contributed by atoms with E-state index in [4.69, 9.17) is 5.73 Å². The van der Waals surface area contributed by atoms with Gasteiger partial charge in [-0.25, -0.2) is 0 Å². The summed E-state index contributed by atoms with van der Waals surface area (Å²) >= 11 is 0. The molecular weight excluding hydrogens is 206 g/mol. The van der Waals surface area contributed by atoms with E-state index in [1.54, 1.807) is 13.0 Å². The number of hydrogen-bond donors (Lipinski definition) is 1. The minimum Gasteiger partial charge on any atom is -0.370 e. The summed E-state index contributed by atoms with van der Waals surface area (Å²) in [6.45, 7) is 5.81. The minimum atomic E-state index is -0.352. The summed E-state index contributed by atoms with van der Waals surface area (Å²) in [6, 6.07) is 5.12. The third-order valence-corrected chi connectivity index (χ3v) is 2.59. The van der Waals surface area contributed by atoms with E-state index in [0.29, 0.717) is 18.7 Å². The molecule has 0 bridgehead atoms. The second-order valence-corrected chi connectivity index (χ2v) is 3.55. The summed E-state index contributed by atoms with van der Waals surface area (Å²) in [6.07, 6.45) is 0. The fourth-order valence-corrected chi connectivity index (χ4v) is 1.76. The first-order valence-corrected chi connectivity index (χ1v) is 5.30. The largest absolute Gasteiger partial charge is 0.370 e. The van der Waals surface area contributed by atoms with Crippen LogP contribution in [-0.2, 0) is 0 Å². The Morgan fingerprint density at radius 1 is 1.50 bits per heavy atom. The van der Waals surface area contributed by atoms with Gasteiger partial charge in [0.25, 0.3) is 5.69 Å². The maximum absolute atomic E-state index is 10.8. The smallest absolute Gasteiger partial charge is 0.274 e. The third-order valence-electron chi connectivity index (χ3n) is 2.59. The third kappa shape index (κ3) is 2.49. The summed E-state index contributed by atoms with van der Waals surface area (Å²) in [5, 5.41) is 10.8. The predicted octanol–water partition coefficient (Wildman–Crippen LogP) is 1.69. The van der Waals surface area contributed by atoms with Crippen LogP contribution in [0.25, 0.3) is 0 Å².